The summed E-state index contributed by atoms with van der Waals surface area (Å²) in [5.74, 6) is -0.116. The Labute approximate surface area is 135 Å². The highest BCUT2D eigenvalue weighted by atomic mass is 16.5. The Morgan fingerprint density at radius 3 is 2.39 bits per heavy atom. The number of para-hydroxylation sites is 1. The highest BCUT2D eigenvalue weighted by Gasteiger charge is 2.10. The van der Waals surface area contributed by atoms with Gasteiger partial charge >= 0.3 is 5.97 Å². The molecule has 0 aliphatic carbocycles. The molecule has 2 aromatic rings. The number of aromatic carboxylic acids is 1. The van der Waals surface area contributed by atoms with Crippen LogP contribution in [0.4, 0.5) is 0 Å². The van der Waals surface area contributed by atoms with Crippen molar-refractivity contribution in [2.75, 3.05) is 20.3 Å². The van der Waals surface area contributed by atoms with Crippen molar-refractivity contribution < 1.29 is 19.7 Å². The summed E-state index contributed by atoms with van der Waals surface area (Å²) in [4.78, 5) is 13.0. The lowest BCUT2D eigenvalue weighted by molar-refractivity contribution is 0.0697. The second kappa shape index (κ2) is 8.31. The van der Waals surface area contributed by atoms with E-state index >= 15 is 0 Å². The second-order valence-electron chi connectivity index (χ2n) is 5.25. The van der Waals surface area contributed by atoms with Gasteiger partial charge in [-0.1, -0.05) is 30.3 Å². The predicted octanol–water partition coefficient (Wildman–Crippen LogP) is 2.39. The van der Waals surface area contributed by atoms with E-state index in [9.17, 15) is 9.90 Å². The molecule has 122 valence electrons. The molecular weight excluding hydrogens is 294 g/mol. The molecule has 0 atom stereocenters. The molecule has 0 saturated heterocycles. The van der Waals surface area contributed by atoms with Crippen LogP contribution < -0.4 is 4.74 Å². The van der Waals surface area contributed by atoms with E-state index in [4.69, 9.17) is 9.84 Å². The fourth-order valence-electron chi connectivity index (χ4n) is 2.44. The van der Waals surface area contributed by atoms with Gasteiger partial charge in [0.15, 0.2) is 0 Å². The van der Waals surface area contributed by atoms with Crippen molar-refractivity contribution in [2.24, 2.45) is 0 Å². The second-order valence-corrected chi connectivity index (χ2v) is 5.25. The number of carbonyl (C=O) groups is 1. The summed E-state index contributed by atoms with van der Waals surface area (Å²) in [6.07, 6.45) is 0. The predicted molar refractivity (Wildman–Crippen MR) is 87.6 cm³/mol. The Morgan fingerprint density at radius 1 is 1.09 bits per heavy atom. The van der Waals surface area contributed by atoms with Crippen LogP contribution in [-0.4, -0.2) is 41.3 Å². The molecule has 2 rings (SSSR count). The van der Waals surface area contributed by atoms with Crippen LogP contribution in [0, 0.1) is 0 Å². The Morgan fingerprint density at radius 2 is 1.78 bits per heavy atom. The van der Waals surface area contributed by atoms with Crippen LogP contribution in [0.2, 0.25) is 0 Å². The standard InChI is InChI=1S/C18H21NO4/c1-23-17-5-3-2-4-16(17)13-19(10-11-20)12-14-6-8-15(9-7-14)18(21)22/h2-9,20H,10-13H2,1H3,(H,21,22). The van der Waals surface area contributed by atoms with Crippen molar-refractivity contribution in [2.45, 2.75) is 13.1 Å². The number of carboxylic acids is 1. The van der Waals surface area contributed by atoms with Crippen LogP contribution in [0.3, 0.4) is 0 Å². The van der Waals surface area contributed by atoms with Crippen molar-refractivity contribution in [3.05, 3.63) is 65.2 Å². The van der Waals surface area contributed by atoms with Crippen molar-refractivity contribution in [3.63, 3.8) is 0 Å². The van der Waals surface area contributed by atoms with Crippen molar-refractivity contribution in [1.29, 1.82) is 0 Å². The van der Waals surface area contributed by atoms with Gasteiger partial charge < -0.3 is 14.9 Å². The Balaban J connectivity index is 2.10. The first-order valence-electron chi connectivity index (χ1n) is 7.41. The zero-order valence-corrected chi connectivity index (χ0v) is 13.1. The third-order valence-corrected chi connectivity index (χ3v) is 3.61. The van der Waals surface area contributed by atoms with E-state index in [1.807, 2.05) is 24.3 Å². The number of hydrogen-bond donors (Lipinski definition) is 2. The molecule has 0 aliphatic heterocycles. The minimum Gasteiger partial charge on any atom is -0.496 e. The molecule has 0 spiro atoms. The van der Waals surface area contributed by atoms with Crippen LogP contribution in [0.5, 0.6) is 5.75 Å². The molecule has 2 N–H and O–H groups in total. The van der Waals surface area contributed by atoms with Gasteiger partial charge in [0.05, 0.1) is 19.3 Å². The quantitative estimate of drug-likeness (QED) is 0.783. The molecule has 0 radical (unpaired) electrons. The van der Waals surface area contributed by atoms with Gasteiger partial charge in [0, 0.05) is 25.2 Å². The number of aliphatic hydroxyl groups excluding tert-OH is 1. The van der Waals surface area contributed by atoms with Gasteiger partial charge in [-0.05, 0) is 23.8 Å². The average molecular weight is 315 g/mol. The van der Waals surface area contributed by atoms with E-state index in [2.05, 4.69) is 4.90 Å². The number of nitrogens with zero attached hydrogens (tertiary/aromatic N) is 1. The summed E-state index contributed by atoms with van der Waals surface area (Å²) in [5.41, 5.74) is 2.32. The van der Waals surface area contributed by atoms with Crippen LogP contribution in [0.15, 0.2) is 48.5 Å². The minimum absolute atomic E-state index is 0.0579. The Kier molecular flexibility index (Phi) is 6.14. The molecule has 0 fully saturated rings. The van der Waals surface area contributed by atoms with Crippen LogP contribution in [0.25, 0.3) is 0 Å². The van der Waals surface area contributed by atoms with Crippen LogP contribution in [-0.2, 0) is 13.1 Å². The highest BCUT2D eigenvalue weighted by molar-refractivity contribution is 5.87. The maximum Gasteiger partial charge on any atom is 0.335 e. The maximum absolute atomic E-state index is 10.9. The summed E-state index contributed by atoms with van der Waals surface area (Å²) in [5, 5.41) is 18.2. The molecule has 5 nitrogen and oxygen atoms in total. The third-order valence-electron chi connectivity index (χ3n) is 3.61. The minimum atomic E-state index is -0.933. The van der Waals surface area contributed by atoms with E-state index in [0.717, 1.165) is 16.9 Å². The molecule has 0 aromatic heterocycles. The highest BCUT2D eigenvalue weighted by Crippen LogP contribution is 2.20. The number of carboxylic acid groups (broad SMARTS) is 1. The zero-order chi connectivity index (χ0) is 16.7. The van der Waals surface area contributed by atoms with Crippen molar-refractivity contribution >= 4 is 5.97 Å². The summed E-state index contributed by atoms with van der Waals surface area (Å²) >= 11 is 0. The van der Waals surface area contributed by atoms with Crippen molar-refractivity contribution in [3.8, 4) is 5.75 Å². The fraction of sp³-hybridized carbons (Fsp3) is 0.278. The Hall–Kier alpha value is -2.37. The molecule has 0 saturated carbocycles. The van der Waals surface area contributed by atoms with Crippen LogP contribution >= 0.6 is 0 Å². The molecule has 0 heterocycles. The van der Waals surface area contributed by atoms with Crippen molar-refractivity contribution in [1.82, 2.24) is 4.90 Å². The third kappa shape index (κ3) is 4.81. The summed E-state index contributed by atoms with van der Waals surface area (Å²) in [7, 11) is 1.64. The number of rotatable bonds is 8. The smallest absolute Gasteiger partial charge is 0.335 e. The molecular formula is C18H21NO4. The molecule has 0 aliphatic rings. The average Bonchev–Trinajstić information content (AvgIpc) is 2.56. The number of ether oxygens (including phenoxy) is 1. The van der Waals surface area contributed by atoms with Gasteiger partial charge in [-0.15, -0.1) is 0 Å². The first kappa shape index (κ1) is 17.0. The topological polar surface area (TPSA) is 70.0 Å². The summed E-state index contributed by atoms with van der Waals surface area (Å²) < 4.78 is 5.36. The molecule has 5 heteroatoms. The van der Waals surface area contributed by atoms with E-state index in [1.54, 1.807) is 31.4 Å². The fourth-order valence-corrected chi connectivity index (χ4v) is 2.44. The Bertz CT molecular complexity index is 640. The molecule has 23 heavy (non-hydrogen) atoms. The lowest BCUT2D eigenvalue weighted by atomic mass is 10.1. The van der Waals surface area contributed by atoms with Gasteiger partial charge in [-0.2, -0.15) is 0 Å². The number of benzene rings is 2. The maximum atomic E-state index is 10.9. The zero-order valence-electron chi connectivity index (χ0n) is 13.1. The number of hydrogen-bond acceptors (Lipinski definition) is 4. The monoisotopic (exact) mass is 315 g/mol. The van der Waals surface area contributed by atoms with Gasteiger partial charge in [0.1, 0.15) is 5.75 Å². The summed E-state index contributed by atoms with van der Waals surface area (Å²) in [6, 6.07) is 14.6. The van der Waals surface area contributed by atoms with Crippen LogP contribution in [0.1, 0.15) is 21.5 Å². The SMILES string of the molecule is COc1ccccc1CN(CCO)Cc1ccc(C(=O)O)cc1. The van der Waals surface area contributed by atoms with Gasteiger partial charge in [0.2, 0.25) is 0 Å². The lowest BCUT2D eigenvalue weighted by Crippen LogP contribution is -2.26. The molecule has 0 amide bonds. The van der Waals surface area contributed by atoms with E-state index < -0.39 is 5.97 Å². The number of methoxy groups -OCH3 is 1. The first-order chi connectivity index (χ1) is 11.1. The molecule has 2 aromatic carbocycles. The normalized spacial score (nSPS) is 10.7. The van der Waals surface area contributed by atoms with E-state index in [1.165, 1.54) is 0 Å². The largest absolute Gasteiger partial charge is 0.496 e. The first-order valence-corrected chi connectivity index (χ1v) is 7.41. The van der Waals surface area contributed by atoms with Gasteiger partial charge in [-0.25, -0.2) is 4.79 Å². The van der Waals surface area contributed by atoms with E-state index in [0.29, 0.717) is 19.6 Å². The number of aliphatic hydroxyl groups is 1. The van der Waals surface area contributed by atoms with Gasteiger partial charge in [0.25, 0.3) is 0 Å². The molecule has 0 unspecified atom stereocenters. The lowest BCUT2D eigenvalue weighted by Gasteiger charge is -2.22. The van der Waals surface area contributed by atoms with Gasteiger partial charge in [-0.3, -0.25) is 4.90 Å². The molecule has 0 bridgehead atoms. The summed E-state index contributed by atoms with van der Waals surface area (Å²) in [6.45, 7) is 1.85. The van der Waals surface area contributed by atoms with E-state index in [-0.39, 0.29) is 12.2 Å².